The van der Waals surface area contributed by atoms with Crippen LogP contribution in [0.1, 0.15) is 34.5 Å². The highest BCUT2D eigenvalue weighted by Crippen LogP contribution is 2.25. The van der Waals surface area contributed by atoms with Crippen LogP contribution in [0.2, 0.25) is 0 Å². The first-order valence-corrected chi connectivity index (χ1v) is 12.1. The number of carboxylic acid groups (broad SMARTS) is 2. The Bertz CT molecular complexity index is 1340. The molecule has 0 bridgehead atoms. The van der Waals surface area contributed by atoms with E-state index >= 15 is 0 Å². The largest absolute Gasteiger partial charge is 0.490 e. The first kappa shape index (κ1) is 35.7. The Kier molecular flexibility index (Phi) is 13.2. The molecular weight excluding hydrogens is 574 g/mol. The second kappa shape index (κ2) is 15.6. The van der Waals surface area contributed by atoms with Crippen molar-refractivity contribution >= 4 is 34.3 Å². The number of aliphatic carboxylic acids is 2. The topological polar surface area (TPSA) is 168 Å². The van der Waals surface area contributed by atoms with Crippen LogP contribution in [-0.2, 0) is 9.59 Å². The summed E-state index contributed by atoms with van der Waals surface area (Å²) in [5.74, 6) is -5.61. The average molecular weight is 605 g/mol. The number of hydrogen-bond donors (Lipinski definition) is 6. The zero-order chi connectivity index (χ0) is 32.3. The maximum atomic E-state index is 12.9. The number of carboxylic acids is 2. The van der Waals surface area contributed by atoms with E-state index in [4.69, 9.17) is 31.3 Å². The summed E-state index contributed by atoms with van der Waals surface area (Å²) in [7, 11) is 0. The van der Waals surface area contributed by atoms with Crippen LogP contribution in [0, 0.1) is 6.92 Å². The number of fused-ring (bicyclic) bond motifs is 1. The quantitative estimate of drug-likeness (QED) is 0.213. The molecule has 0 unspecified atom stereocenters. The fraction of sp³-hybridized carbons (Fsp3) is 0.296. The van der Waals surface area contributed by atoms with E-state index in [1.165, 1.54) is 5.39 Å². The van der Waals surface area contributed by atoms with Gasteiger partial charge in [0.15, 0.2) is 0 Å². The summed E-state index contributed by atoms with van der Waals surface area (Å²) in [6.45, 7) is 4.92. The summed E-state index contributed by atoms with van der Waals surface area (Å²) in [6.07, 6.45) is -10.2. The lowest BCUT2D eigenvalue weighted by Crippen LogP contribution is -2.36. The summed E-state index contributed by atoms with van der Waals surface area (Å²) < 4.78 is 63.5. The third-order valence-electron chi connectivity index (χ3n) is 5.48. The van der Waals surface area contributed by atoms with Gasteiger partial charge in [-0.2, -0.15) is 26.3 Å². The average Bonchev–Trinajstić information content (AvgIpc) is 2.91. The van der Waals surface area contributed by atoms with E-state index < -0.39 is 24.3 Å². The van der Waals surface area contributed by atoms with Crippen LogP contribution in [0.15, 0.2) is 60.7 Å². The van der Waals surface area contributed by atoms with E-state index in [-0.39, 0.29) is 18.0 Å². The van der Waals surface area contributed by atoms with Gasteiger partial charge in [-0.3, -0.25) is 4.79 Å². The van der Waals surface area contributed by atoms with Crippen molar-refractivity contribution in [1.82, 2.24) is 5.32 Å². The van der Waals surface area contributed by atoms with Gasteiger partial charge in [0.1, 0.15) is 0 Å². The fourth-order valence-corrected chi connectivity index (χ4v) is 3.29. The molecule has 0 heterocycles. The smallest absolute Gasteiger partial charge is 0.475 e. The maximum absolute atomic E-state index is 12.9. The van der Waals surface area contributed by atoms with Crippen LogP contribution in [0.5, 0.6) is 0 Å². The Morgan fingerprint density at radius 2 is 1.40 bits per heavy atom. The lowest BCUT2D eigenvalue weighted by molar-refractivity contribution is -0.193. The molecule has 230 valence electrons. The molecule has 0 aliphatic carbocycles. The second-order valence-corrected chi connectivity index (χ2v) is 8.78. The zero-order valence-corrected chi connectivity index (χ0v) is 22.4. The monoisotopic (exact) mass is 604 g/mol. The predicted octanol–water partition coefficient (Wildman–Crippen LogP) is 4.60. The van der Waals surface area contributed by atoms with Gasteiger partial charge >= 0.3 is 24.3 Å². The predicted molar refractivity (Wildman–Crippen MR) is 144 cm³/mol. The van der Waals surface area contributed by atoms with Gasteiger partial charge in [-0.25, -0.2) is 9.59 Å². The van der Waals surface area contributed by atoms with Crippen LogP contribution >= 0.6 is 0 Å². The van der Waals surface area contributed by atoms with Gasteiger partial charge in [-0.1, -0.05) is 48.5 Å². The van der Waals surface area contributed by atoms with Crippen LogP contribution < -0.4 is 22.1 Å². The number of carbonyl (C=O) groups is 3. The first-order valence-electron chi connectivity index (χ1n) is 12.1. The third kappa shape index (κ3) is 11.6. The number of benzene rings is 3. The number of carbonyl (C=O) groups excluding carboxylic acids is 1. The molecule has 0 aliphatic heterocycles. The summed E-state index contributed by atoms with van der Waals surface area (Å²) in [5, 5.41) is 22.9. The van der Waals surface area contributed by atoms with Gasteiger partial charge in [-0.15, -0.1) is 0 Å². The normalized spacial score (nSPS) is 12.5. The molecule has 0 fully saturated rings. The fourth-order valence-electron chi connectivity index (χ4n) is 3.29. The van der Waals surface area contributed by atoms with Gasteiger partial charge in [0, 0.05) is 30.4 Å². The van der Waals surface area contributed by atoms with Crippen LogP contribution in [0.4, 0.5) is 32.0 Å². The Morgan fingerprint density at radius 1 is 0.881 bits per heavy atom. The molecule has 3 rings (SSSR count). The number of hydrogen-bond acceptors (Lipinski definition) is 6. The van der Waals surface area contributed by atoms with E-state index in [0.29, 0.717) is 18.7 Å². The van der Waals surface area contributed by atoms with E-state index in [9.17, 15) is 31.1 Å². The van der Waals surface area contributed by atoms with Crippen LogP contribution in [0.3, 0.4) is 0 Å². The van der Waals surface area contributed by atoms with Crippen molar-refractivity contribution in [2.45, 2.75) is 38.3 Å². The van der Waals surface area contributed by atoms with Gasteiger partial charge in [0.25, 0.3) is 5.91 Å². The number of aryl methyl sites for hydroxylation is 1. The van der Waals surface area contributed by atoms with Crippen molar-refractivity contribution in [1.29, 1.82) is 0 Å². The molecule has 3 aromatic carbocycles. The number of amides is 1. The molecule has 42 heavy (non-hydrogen) atoms. The number of nitrogens with two attached hydrogens (primary N) is 2. The van der Waals surface area contributed by atoms with E-state index in [1.54, 1.807) is 0 Å². The second-order valence-electron chi connectivity index (χ2n) is 8.78. The number of anilines is 1. The van der Waals surface area contributed by atoms with Crippen molar-refractivity contribution in [2.24, 2.45) is 11.5 Å². The Labute approximate surface area is 236 Å². The molecule has 3 aromatic rings. The van der Waals surface area contributed by atoms with Crippen molar-refractivity contribution in [2.75, 3.05) is 18.4 Å². The maximum Gasteiger partial charge on any atom is 0.490 e. The molecular formula is C27H30F6N4O5. The minimum Gasteiger partial charge on any atom is -0.475 e. The molecule has 1 amide bonds. The lowest BCUT2D eigenvalue weighted by Gasteiger charge is -2.18. The highest BCUT2D eigenvalue weighted by Gasteiger charge is 2.38. The number of rotatable bonds is 7. The minimum atomic E-state index is -5.08. The van der Waals surface area contributed by atoms with Gasteiger partial charge in [-0.05, 0) is 47.9 Å². The molecule has 0 aliphatic rings. The van der Waals surface area contributed by atoms with Crippen molar-refractivity contribution in [3.63, 3.8) is 0 Å². The van der Waals surface area contributed by atoms with Crippen LogP contribution in [-0.4, -0.2) is 59.5 Å². The molecule has 0 spiro atoms. The summed E-state index contributed by atoms with van der Waals surface area (Å²) >= 11 is 0. The van der Waals surface area contributed by atoms with Gasteiger partial charge in [0.2, 0.25) is 0 Å². The Morgan fingerprint density at radius 3 is 1.93 bits per heavy atom. The minimum absolute atomic E-state index is 0.0929. The van der Waals surface area contributed by atoms with Crippen molar-refractivity contribution in [3.05, 3.63) is 77.4 Å². The van der Waals surface area contributed by atoms with E-state index in [2.05, 4.69) is 34.9 Å². The van der Waals surface area contributed by atoms with Crippen molar-refractivity contribution < 1.29 is 50.9 Å². The summed E-state index contributed by atoms with van der Waals surface area (Å²) in [4.78, 5) is 30.7. The highest BCUT2D eigenvalue weighted by atomic mass is 19.4. The molecule has 0 saturated heterocycles. The highest BCUT2D eigenvalue weighted by molar-refractivity contribution is 5.97. The van der Waals surface area contributed by atoms with E-state index in [0.717, 1.165) is 22.2 Å². The van der Waals surface area contributed by atoms with Crippen LogP contribution in [0.25, 0.3) is 10.8 Å². The molecule has 2 atom stereocenters. The van der Waals surface area contributed by atoms with Crippen molar-refractivity contribution in [3.8, 4) is 0 Å². The molecule has 8 N–H and O–H groups in total. The summed E-state index contributed by atoms with van der Waals surface area (Å²) in [5.41, 5.74) is 15.0. The number of nitrogens with one attached hydrogen (secondary N) is 2. The molecule has 0 saturated carbocycles. The first-order chi connectivity index (χ1) is 19.4. The third-order valence-corrected chi connectivity index (χ3v) is 5.48. The van der Waals surface area contributed by atoms with E-state index in [1.807, 2.05) is 50.2 Å². The zero-order valence-electron chi connectivity index (χ0n) is 22.4. The van der Waals surface area contributed by atoms with Gasteiger partial charge < -0.3 is 32.3 Å². The molecule has 9 nitrogen and oxygen atoms in total. The number of alkyl halides is 6. The summed E-state index contributed by atoms with van der Waals surface area (Å²) in [6, 6.07) is 19.9. The molecule has 0 radical (unpaired) electrons. The number of halogens is 6. The molecule has 0 aromatic heterocycles. The SMILES string of the molecule is Cc1ccc(NC[C@@H](N)CN)cc1C(=O)N[C@H](C)c1cccc2ccccc12.O=C(O)C(F)(F)F.O=C(O)C(F)(F)F. The Hall–Kier alpha value is -4.37. The lowest BCUT2D eigenvalue weighted by atomic mass is 9.99. The standard InChI is InChI=1S/C23H28N4O.2C2HF3O2/c1-15-10-11-19(26-14-18(25)13-24)12-22(15)23(28)27-16(2)20-9-5-7-17-6-3-4-8-21(17)20;2*3-2(4,5)1(6)7/h3-12,16,18,26H,13-14,24-25H2,1-2H3,(H,27,28);2*(H,6,7)/t16-,18+;;/m1../s1. The Balaban J connectivity index is 0.000000522. The molecule has 15 heteroatoms. The van der Waals surface area contributed by atoms with Gasteiger partial charge in [0.05, 0.1) is 6.04 Å².